The van der Waals surface area contributed by atoms with Crippen molar-refractivity contribution in [1.29, 1.82) is 0 Å². The SMILES string of the molecule is C=C(C)C(N=C(C)N)(c1ccccc1)c1ccccc1.C=C(C)c1cccc(CC)c1.CC.CC.CCCN(C)C. The first-order valence-corrected chi connectivity index (χ1v) is 15.1. The average molecular weight is 558 g/mol. The van der Waals surface area contributed by atoms with E-state index in [9.17, 15) is 0 Å². The molecule has 0 atom stereocenters. The van der Waals surface area contributed by atoms with Crippen LogP contribution >= 0.6 is 0 Å². The second kappa shape index (κ2) is 23.3. The zero-order valence-electron chi connectivity index (χ0n) is 28.1. The van der Waals surface area contributed by atoms with E-state index in [1.807, 2.05) is 84.9 Å². The Morgan fingerprint density at radius 1 is 0.756 bits per heavy atom. The number of benzene rings is 3. The monoisotopic (exact) mass is 557 g/mol. The summed E-state index contributed by atoms with van der Waals surface area (Å²) in [6.45, 7) is 27.5. The van der Waals surface area contributed by atoms with E-state index in [1.54, 1.807) is 0 Å². The number of aryl methyl sites for hydroxylation is 1. The first-order chi connectivity index (χ1) is 19.6. The summed E-state index contributed by atoms with van der Waals surface area (Å²) in [6, 6.07) is 28.8. The predicted molar refractivity (Wildman–Crippen MR) is 188 cm³/mol. The molecule has 0 amide bonds. The Morgan fingerprint density at radius 3 is 1.51 bits per heavy atom. The van der Waals surface area contributed by atoms with Crippen LogP contribution in [0.2, 0.25) is 0 Å². The maximum atomic E-state index is 5.90. The van der Waals surface area contributed by atoms with Crippen LogP contribution in [-0.2, 0) is 12.0 Å². The lowest BCUT2D eigenvalue weighted by molar-refractivity contribution is 0.408. The lowest BCUT2D eigenvalue weighted by atomic mass is 9.78. The van der Waals surface area contributed by atoms with E-state index < -0.39 is 5.54 Å². The lowest BCUT2D eigenvalue weighted by Crippen LogP contribution is -2.29. The van der Waals surface area contributed by atoms with E-state index in [1.165, 1.54) is 24.1 Å². The third-order valence-corrected chi connectivity index (χ3v) is 5.84. The van der Waals surface area contributed by atoms with Crippen molar-refractivity contribution in [1.82, 2.24) is 4.90 Å². The van der Waals surface area contributed by atoms with Crippen molar-refractivity contribution in [2.75, 3.05) is 20.6 Å². The molecule has 0 fully saturated rings. The fourth-order valence-corrected chi connectivity index (χ4v) is 4.01. The smallest absolute Gasteiger partial charge is 0.133 e. The minimum absolute atomic E-state index is 0.542. The number of allylic oxidation sites excluding steroid dienone is 1. The van der Waals surface area contributed by atoms with Crippen molar-refractivity contribution >= 4 is 11.4 Å². The van der Waals surface area contributed by atoms with Gasteiger partial charge in [0, 0.05) is 0 Å². The number of aliphatic imine (C=N–C) groups is 1. The van der Waals surface area contributed by atoms with Crippen LogP contribution in [0.3, 0.4) is 0 Å². The molecule has 0 unspecified atom stereocenters. The lowest BCUT2D eigenvalue weighted by Gasteiger charge is -2.32. The van der Waals surface area contributed by atoms with E-state index in [-0.39, 0.29) is 0 Å². The molecular formula is C38H59N3. The van der Waals surface area contributed by atoms with Crippen LogP contribution < -0.4 is 5.73 Å². The quantitative estimate of drug-likeness (QED) is 0.170. The molecule has 0 radical (unpaired) electrons. The van der Waals surface area contributed by atoms with Gasteiger partial charge in [-0.2, -0.15) is 0 Å². The minimum Gasteiger partial charge on any atom is -0.388 e. The van der Waals surface area contributed by atoms with Crippen molar-refractivity contribution in [3.63, 3.8) is 0 Å². The Morgan fingerprint density at radius 2 is 1.22 bits per heavy atom. The van der Waals surface area contributed by atoms with Crippen LogP contribution in [0.25, 0.3) is 5.57 Å². The number of amidine groups is 1. The van der Waals surface area contributed by atoms with Gasteiger partial charge in [0.25, 0.3) is 0 Å². The van der Waals surface area contributed by atoms with Crippen LogP contribution in [0.1, 0.15) is 91.0 Å². The van der Waals surface area contributed by atoms with Crippen LogP contribution in [0.4, 0.5) is 0 Å². The van der Waals surface area contributed by atoms with Crippen molar-refractivity contribution in [3.8, 4) is 0 Å². The molecule has 3 nitrogen and oxygen atoms in total. The first kappa shape index (κ1) is 39.7. The first-order valence-electron chi connectivity index (χ1n) is 15.1. The summed E-state index contributed by atoms with van der Waals surface area (Å²) >= 11 is 0. The largest absolute Gasteiger partial charge is 0.388 e. The van der Waals surface area contributed by atoms with Gasteiger partial charge in [0.2, 0.25) is 0 Å². The average Bonchev–Trinajstić information content (AvgIpc) is 2.99. The number of rotatable bonds is 8. The molecule has 3 aromatic carbocycles. The van der Waals surface area contributed by atoms with Gasteiger partial charge in [0.1, 0.15) is 5.54 Å². The number of hydrogen-bond donors (Lipinski definition) is 1. The number of nitrogens with zero attached hydrogens (tertiary/aromatic N) is 2. The Hall–Kier alpha value is -3.43. The van der Waals surface area contributed by atoms with Gasteiger partial charge < -0.3 is 10.6 Å². The van der Waals surface area contributed by atoms with E-state index in [0.717, 1.165) is 28.7 Å². The highest BCUT2D eigenvalue weighted by atomic mass is 15.0. The maximum absolute atomic E-state index is 5.90. The predicted octanol–water partition coefficient (Wildman–Crippen LogP) is 10.2. The highest BCUT2D eigenvalue weighted by molar-refractivity contribution is 5.79. The Labute approximate surface area is 253 Å². The van der Waals surface area contributed by atoms with Gasteiger partial charge in [0.05, 0.1) is 5.84 Å². The number of nitrogens with two attached hydrogens (primary N) is 1. The Bertz CT molecular complexity index is 1070. The summed E-state index contributed by atoms with van der Waals surface area (Å²) in [7, 11) is 4.17. The molecule has 0 aromatic heterocycles. The normalized spacial score (nSPS) is 10.3. The van der Waals surface area contributed by atoms with Gasteiger partial charge in [0.15, 0.2) is 0 Å². The van der Waals surface area contributed by atoms with Crippen LogP contribution in [-0.4, -0.2) is 31.4 Å². The van der Waals surface area contributed by atoms with E-state index >= 15 is 0 Å². The molecule has 0 aliphatic rings. The zero-order valence-corrected chi connectivity index (χ0v) is 28.1. The van der Waals surface area contributed by atoms with Crippen molar-refractivity contribution in [2.45, 2.75) is 80.7 Å². The van der Waals surface area contributed by atoms with E-state index in [2.05, 4.69) is 94.5 Å². The van der Waals surface area contributed by atoms with Gasteiger partial charge in [-0.15, -0.1) is 0 Å². The summed E-state index contributed by atoms with van der Waals surface area (Å²) in [5.74, 6) is 0.542. The second-order valence-corrected chi connectivity index (χ2v) is 9.61. The molecular weight excluding hydrogens is 498 g/mol. The molecule has 41 heavy (non-hydrogen) atoms. The molecule has 0 heterocycles. The number of hydrogen-bond acceptors (Lipinski definition) is 2. The molecule has 0 bridgehead atoms. The molecule has 0 saturated carbocycles. The van der Waals surface area contributed by atoms with Gasteiger partial charge in [-0.1, -0.05) is 145 Å². The third-order valence-electron chi connectivity index (χ3n) is 5.84. The molecule has 3 rings (SSSR count). The standard InChI is InChI=1S/C18H20N2.C11H14.C5H13N.2C2H6/c1-14(2)18(20-15(3)19,16-10-6-4-7-11-16)17-12-8-5-9-13-17;1-4-10-6-5-7-11(8-10)9(2)3;1-4-5-6(2)3;2*1-2/h4-13H,1H2,2-3H3,(H2,19,20);5-8H,2,4H2,1,3H3;4-5H2,1-3H3;2*1-2H3. The van der Waals surface area contributed by atoms with Crippen LogP contribution in [0.15, 0.2) is 109 Å². The third kappa shape index (κ3) is 14.7. The molecule has 226 valence electrons. The van der Waals surface area contributed by atoms with Gasteiger partial charge in [-0.05, 0) is 82.1 Å². The zero-order chi connectivity index (χ0) is 31.8. The van der Waals surface area contributed by atoms with E-state index in [4.69, 9.17) is 10.7 Å². The second-order valence-electron chi connectivity index (χ2n) is 9.61. The molecule has 0 aliphatic heterocycles. The van der Waals surface area contributed by atoms with Gasteiger partial charge in [-0.3, -0.25) is 4.99 Å². The Balaban J connectivity index is 0. The fraction of sp³-hybridized carbons (Fsp3) is 0.395. The maximum Gasteiger partial charge on any atom is 0.133 e. The summed E-state index contributed by atoms with van der Waals surface area (Å²) in [5.41, 5.74) is 12.1. The van der Waals surface area contributed by atoms with Crippen molar-refractivity contribution in [3.05, 3.63) is 126 Å². The van der Waals surface area contributed by atoms with E-state index in [0.29, 0.717) is 5.84 Å². The molecule has 0 saturated heterocycles. The topological polar surface area (TPSA) is 41.6 Å². The molecule has 0 aliphatic carbocycles. The molecule has 2 N–H and O–H groups in total. The molecule has 0 spiro atoms. The molecule has 3 aromatic rings. The highest BCUT2D eigenvalue weighted by Crippen LogP contribution is 2.39. The van der Waals surface area contributed by atoms with Gasteiger partial charge >= 0.3 is 0 Å². The summed E-state index contributed by atoms with van der Waals surface area (Å²) in [6.07, 6.45) is 2.36. The minimum atomic E-state index is -0.624. The molecule has 3 heteroatoms. The van der Waals surface area contributed by atoms with Gasteiger partial charge in [-0.25, -0.2) is 0 Å². The highest BCUT2D eigenvalue weighted by Gasteiger charge is 2.34. The fourth-order valence-electron chi connectivity index (χ4n) is 4.01. The Kier molecular flexibility index (Phi) is 22.6. The van der Waals surface area contributed by atoms with Crippen molar-refractivity contribution in [2.24, 2.45) is 10.7 Å². The van der Waals surface area contributed by atoms with Crippen molar-refractivity contribution < 1.29 is 0 Å². The summed E-state index contributed by atoms with van der Waals surface area (Å²) in [5, 5.41) is 0. The summed E-state index contributed by atoms with van der Waals surface area (Å²) in [4.78, 5) is 6.92. The summed E-state index contributed by atoms with van der Waals surface area (Å²) < 4.78 is 0. The van der Waals surface area contributed by atoms with Crippen LogP contribution in [0, 0.1) is 0 Å². The van der Waals surface area contributed by atoms with Crippen LogP contribution in [0.5, 0.6) is 0 Å².